The fraction of sp³-hybridized carbons (Fsp3) is 0.831. The van der Waals surface area contributed by atoms with Crippen LogP contribution in [-0.2, 0) is 32.7 Å². The van der Waals surface area contributed by atoms with Crippen molar-refractivity contribution in [1.82, 2.24) is 0 Å². The van der Waals surface area contributed by atoms with Gasteiger partial charge in [0.15, 0.2) is 6.10 Å². The van der Waals surface area contributed by atoms with Crippen LogP contribution in [-0.4, -0.2) is 49.3 Å². The smallest absolute Gasteiger partial charge is 0.462 e. The van der Waals surface area contributed by atoms with Crippen LogP contribution in [0.25, 0.3) is 0 Å². The maximum absolute atomic E-state index is 12.8. The van der Waals surface area contributed by atoms with Crippen molar-refractivity contribution in [3.05, 3.63) is 60.8 Å². The third-order valence-corrected chi connectivity index (χ3v) is 16.4. The van der Waals surface area contributed by atoms with Gasteiger partial charge < -0.3 is 20.1 Å². The summed E-state index contributed by atoms with van der Waals surface area (Å²) in [5, 5.41) is 0. The van der Waals surface area contributed by atoms with E-state index < -0.39 is 26.5 Å². The molecule has 0 radical (unpaired) electrons. The van der Waals surface area contributed by atoms with Crippen LogP contribution < -0.4 is 5.73 Å². The monoisotopic (exact) mass is 1160 g/mol. The maximum atomic E-state index is 12.8. The van der Waals surface area contributed by atoms with Crippen LogP contribution in [0.4, 0.5) is 0 Å². The molecule has 0 saturated heterocycles. The van der Waals surface area contributed by atoms with Gasteiger partial charge in [0.1, 0.15) is 6.61 Å². The topological polar surface area (TPSA) is 134 Å². The number of carbonyl (C=O) groups is 2. The van der Waals surface area contributed by atoms with Crippen molar-refractivity contribution in [2.24, 2.45) is 5.73 Å². The van der Waals surface area contributed by atoms with Gasteiger partial charge in [-0.1, -0.05) is 338 Å². The predicted molar refractivity (Wildman–Crippen MR) is 349 cm³/mol. The summed E-state index contributed by atoms with van der Waals surface area (Å²) in [6.45, 7) is 3.69. The summed E-state index contributed by atoms with van der Waals surface area (Å²) >= 11 is 0. The van der Waals surface area contributed by atoms with Crippen LogP contribution in [0.15, 0.2) is 60.8 Å². The molecule has 2 unspecified atom stereocenters. The van der Waals surface area contributed by atoms with Crippen molar-refractivity contribution in [1.29, 1.82) is 0 Å². The second-order valence-corrected chi connectivity index (χ2v) is 24.8. The molecule has 0 saturated carbocycles. The second kappa shape index (κ2) is 66.8. The third kappa shape index (κ3) is 66.7. The number of unbranched alkanes of at least 4 members (excludes halogenated alkanes) is 43. The van der Waals surface area contributed by atoms with Gasteiger partial charge in [-0.25, -0.2) is 4.57 Å². The minimum atomic E-state index is -4.39. The Labute approximate surface area is 501 Å². The van der Waals surface area contributed by atoms with E-state index in [1.165, 1.54) is 244 Å². The molecule has 0 fully saturated rings. The van der Waals surface area contributed by atoms with Crippen molar-refractivity contribution in [3.8, 4) is 0 Å². The standard InChI is InChI=1S/C71H132NO8P/c1-3-5-7-9-11-13-15-17-19-21-23-25-27-29-31-33-34-36-38-40-42-44-46-48-50-52-54-56-58-60-62-64-71(74)80-69(68-79-81(75,76)78-66-65-72)67-77-70(73)63-61-59-57-55-53-51-49-47-45-43-41-39-37-35-32-30-28-26-24-22-20-18-16-14-12-10-8-6-4-2/h5,7,11,13,17,19,23,25,29,31,69H,3-4,6,8-10,12,14-16,18,20-22,24,26-28,30,32-68,72H2,1-2H3,(H,75,76)/b7-5-,13-11-,19-17-,25-23-,31-29-. The molecule has 2 atom stereocenters. The number of phosphoric ester groups is 1. The van der Waals surface area contributed by atoms with Crippen molar-refractivity contribution in [2.75, 3.05) is 26.4 Å². The molecule has 0 amide bonds. The number of hydrogen-bond acceptors (Lipinski definition) is 8. The molecule has 9 nitrogen and oxygen atoms in total. The first kappa shape index (κ1) is 78.7. The average molecular weight is 1160 g/mol. The molecule has 0 rings (SSSR count). The van der Waals surface area contributed by atoms with Crippen LogP contribution in [0, 0.1) is 0 Å². The molecule has 0 bridgehead atoms. The lowest BCUT2D eigenvalue weighted by Crippen LogP contribution is -2.29. The van der Waals surface area contributed by atoms with Gasteiger partial charge in [-0.15, -0.1) is 0 Å². The summed E-state index contributed by atoms with van der Waals surface area (Å²) in [5.41, 5.74) is 5.40. The number of phosphoric acid groups is 1. The summed E-state index contributed by atoms with van der Waals surface area (Å²) in [7, 11) is -4.39. The largest absolute Gasteiger partial charge is 0.472 e. The van der Waals surface area contributed by atoms with Crippen LogP contribution in [0.1, 0.15) is 348 Å². The summed E-state index contributed by atoms with van der Waals surface area (Å²) in [5.74, 6) is -0.810. The first-order chi connectivity index (χ1) is 39.8. The summed E-state index contributed by atoms with van der Waals surface area (Å²) in [6, 6.07) is 0. The Hall–Kier alpha value is -2.29. The van der Waals surface area contributed by atoms with E-state index in [9.17, 15) is 19.0 Å². The van der Waals surface area contributed by atoms with Crippen LogP contribution in [0.3, 0.4) is 0 Å². The Kier molecular flexibility index (Phi) is 65.0. The number of hydrogen-bond donors (Lipinski definition) is 2. The zero-order valence-electron chi connectivity index (χ0n) is 53.3. The third-order valence-electron chi connectivity index (χ3n) is 15.4. The molecular formula is C71H132NO8P. The van der Waals surface area contributed by atoms with E-state index >= 15 is 0 Å². The Morgan fingerprint density at radius 1 is 0.383 bits per heavy atom. The molecule has 0 aromatic heterocycles. The van der Waals surface area contributed by atoms with Gasteiger partial charge in [0.2, 0.25) is 0 Å². The fourth-order valence-electron chi connectivity index (χ4n) is 10.3. The van der Waals surface area contributed by atoms with E-state index in [0.717, 1.165) is 70.6 Å². The Morgan fingerprint density at radius 2 is 0.679 bits per heavy atom. The van der Waals surface area contributed by atoms with Crippen molar-refractivity contribution in [3.63, 3.8) is 0 Å². The van der Waals surface area contributed by atoms with Crippen LogP contribution in [0.5, 0.6) is 0 Å². The van der Waals surface area contributed by atoms with Gasteiger partial charge in [-0.05, 0) is 57.8 Å². The van der Waals surface area contributed by atoms with Crippen molar-refractivity contribution < 1.29 is 37.6 Å². The molecule has 0 aliphatic heterocycles. The lowest BCUT2D eigenvalue weighted by molar-refractivity contribution is -0.161. The zero-order chi connectivity index (χ0) is 58.7. The average Bonchev–Trinajstić information content (AvgIpc) is 3.46. The lowest BCUT2D eigenvalue weighted by atomic mass is 10.0. The lowest BCUT2D eigenvalue weighted by Gasteiger charge is -2.19. The number of ether oxygens (including phenoxy) is 2. The zero-order valence-corrected chi connectivity index (χ0v) is 54.2. The molecule has 0 aliphatic carbocycles. The SMILES string of the molecule is CC/C=C\C/C=C\C/C=C\C/C=C\C/C=C\CCCCCCCCCCCCCCCCCC(=O)OC(COC(=O)CCCCCCCCCCCCCCCCCCCCCCCCCCCCCCC)COP(=O)(O)OCCN. The number of allylic oxidation sites excluding steroid dienone is 10. The number of esters is 2. The molecule has 0 aliphatic rings. The molecule has 81 heavy (non-hydrogen) atoms. The highest BCUT2D eigenvalue weighted by Crippen LogP contribution is 2.43. The molecule has 474 valence electrons. The Morgan fingerprint density at radius 3 is 1.01 bits per heavy atom. The summed E-state index contributed by atoms with van der Waals surface area (Å²) in [4.78, 5) is 35.4. The van der Waals surface area contributed by atoms with Gasteiger partial charge in [0.25, 0.3) is 0 Å². The number of nitrogens with two attached hydrogens (primary N) is 1. The van der Waals surface area contributed by atoms with Gasteiger partial charge in [-0.3, -0.25) is 18.6 Å². The van der Waals surface area contributed by atoms with Crippen molar-refractivity contribution in [2.45, 2.75) is 354 Å². The molecule has 0 spiro atoms. The minimum absolute atomic E-state index is 0.0542. The van der Waals surface area contributed by atoms with Crippen LogP contribution >= 0.6 is 7.82 Å². The fourth-order valence-corrected chi connectivity index (χ4v) is 11.1. The quantitative estimate of drug-likeness (QED) is 0.0264. The predicted octanol–water partition coefficient (Wildman–Crippen LogP) is 22.6. The number of carbonyl (C=O) groups excluding carboxylic acids is 2. The van der Waals surface area contributed by atoms with E-state index in [-0.39, 0.29) is 38.6 Å². The molecular weight excluding hydrogens is 1030 g/mol. The summed E-state index contributed by atoms with van der Waals surface area (Å²) in [6.07, 6.45) is 86.0. The van der Waals surface area contributed by atoms with Gasteiger partial charge in [0, 0.05) is 19.4 Å². The first-order valence-corrected chi connectivity index (χ1v) is 36.3. The Balaban J connectivity index is 3.85. The van der Waals surface area contributed by atoms with Crippen LogP contribution in [0.2, 0.25) is 0 Å². The van der Waals surface area contributed by atoms with E-state index in [4.69, 9.17) is 24.3 Å². The Bertz CT molecular complexity index is 1510. The van der Waals surface area contributed by atoms with Gasteiger partial charge >= 0.3 is 19.8 Å². The second-order valence-electron chi connectivity index (χ2n) is 23.4. The highest BCUT2D eigenvalue weighted by Gasteiger charge is 2.26. The van der Waals surface area contributed by atoms with E-state index in [2.05, 4.69) is 74.6 Å². The van der Waals surface area contributed by atoms with Crippen molar-refractivity contribution >= 4 is 19.8 Å². The van der Waals surface area contributed by atoms with Gasteiger partial charge in [0.05, 0.1) is 13.2 Å². The van der Waals surface area contributed by atoms with E-state index in [1.54, 1.807) is 0 Å². The van der Waals surface area contributed by atoms with E-state index in [1.807, 2.05) is 0 Å². The normalized spacial score (nSPS) is 13.3. The molecule has 0 heterocycles. The highest BCUT2D eigenvalue weighted by molar-refractivity contribution is 7.47. The van der Waals surface area contributed by atoms with E-state index in [0.29, 0.717) is 6.42 Å². The summed E-state index contributed by atoms with van der Waals surface area (Å²) < 4.78 is 33.2. The maximum Gasteiger partial charge on any atom is 0.472 e. The highest BCUT2D eigenvalue weighted by atomic mass is 31.2. The molecule has 0 aromatic carbocycles. The minimum Gasteiger partial charge on any atom is -0.462 e. The number of rotatable bonds is 66. The first-order valence-electron chi connectivity index (χ1n) is 34.8. The van der Waals surface area contributed by atoms with Gasteiger partial charge in [-0.2, -0.15) is 0 Å². The molecule has 10 heteroatoms. The molecule has 3 N–H and O–H groups in total. The molecule has 0 aromatic rings.